The van der Waals surface area contributed by atoms with E-state index in [9.17, 15) is 23.2 Å². The zero-order valence-corrected chi connectivity index (χ0v) is 14.6. The molecule has 1 unspecified atom stereocenters. The van der Waals surface area contributed by atoms with Crippen LogP contribution in [0.15, 0.2) is 41.2 Å². The normalized spacial score (nSPS) is 16.7. The number of urea groups is 1. The minimum Gasteiger partial charge on any atom is -0.326 e. The van der Waals surface area contributed by atoms with Gasteiger partial charge in [-0.3, -0.25) is 9.59 Å². The van der Waals surface area contributed by atoms with Gasteiger partial charge in [-0.1, -0.05) is 12.1 Å². The summed E-state index contributed by atoms with van der Waals surface area (Å²) in [5, 5.41) is 7.98. The highest BCUT2D eigenvalue weighted by atomic mass is 19.1. The number of nitrogens with zero attached hydrogens (tertiary/aromatic N) is 2. The predicted molar refractivity (Wildman–Crippen MR) is 97.0 cm³/mol. The largest absolute Gasteiger partial charge is 0.329 e. The maximum absolute atomic E-state index is 14.3. The smallest absolute Gasteiger partial charge is 0.326 e. The first kappa shape index (κ1) is 17.8. The minimum absolute atomic E-state index is 0.0562. The highest BCUT2D eigenvalue weighted by Crippen LogP contribution is 2.25. The van der Waals surface area contributed by atoms with Gasteiger partial charge in [0, 0.05) is 11.8 Å². The number of nitrogens with one attached hydrogen (secondary N) is 2. The van der Waals surface area contributed by atoms with Crippen LogP contribution in [0, 0.1) is 11.6 Å². The molecule has 3 aromatic rings. The molecule has 1 atom stereocenters. The molecule has 1 aliphatic heterocycles. The summed E-state index contributed by atoms with van der Waals surface area (Å²) in [7, 11) is 0. The van der Waals surface area contributed by atoms with E-state index < -0.39 is 34.7 Å². The van der Waals surface area contributed by atoms with Gasteiger partial charge in [0.25, 0.3) is 11.5 Å². The molecule has 1 aliphatic rings. The van der Waals surface area contributed by atoms with Gasteiger partial charge in [-0.15, -0.1) is 0 Å². The molecule has 3 amide bonds. The molecular weight excluding hydrogens is 370 g/mol. The number of anilines is 1. The first-order valence-electron chi connectivity index (χ1n) is 8.45. The highest BCUT2D eigenvalue weighted by Gasteiger charge is 2.36. The fourth-order valence-electron chi connectivity index (χ4n) is 3.26. The van der Waals surface area contributed by atoms with E-state index in [0.717, 1.165) is 17.0 Å². The predicted octanol–water partition coefficient (Wildman–Crippen LogP) is 2.24. The van der Waals surface area contributed by atoms with Crippen LogP contribution in [-0.2, 0) is 11.2 Å². The summed E-state index contributed by atoms with van der Waals surface area (Å²) in [6.07, 6.45) is 0.0562. The Labute approximate surface area is 157 Å². The van der Waals surface area contributed by atoms with Crippen LogP contribution in [0.4, 0.5) is 19.3 Å². The second-order valence-corrected chi connectivity index (χ2v) is 6.47. The van der Waals surface area contributed by atoms with Crippen molar-refractivity contribution in [3.63, 3.8) is 0 Å². The quantitative estimate of drug-likeness (QED) is 0.677. The molecule has 7 nitrogen and oxygen atoms in total. The number of aromatic amines is 1. The highest BCUT2D eigenvalue weighted by molar-refractivity contribution is 6.21. The third kappa shape index (κ3) is 2.81. The van der Waals surface area contributed by atoms with Gasteiger partial charge in [-0.25, -0.2) is 23.6 Å². The van der Waals surface area contributed by atoms with E-state index >= 15 is 0 Å². The Hall–Kier alpha value is -3.62. The monoisotopic (exact) mass is 384 g/mol. The average Bonchev–Trinajstić information content (AvgIpc) is 2.92. The van der Waals surface area contributed by atoms with Crippen LogP contribution in [0.2, 0.25) is 0 Å². The molecule has 0 radical (unpaired) electrons. The Bertz CT molecular complexity index is 1190. The average molecular weight is 384 g/mol. The molecule has 4 rings (SSSR count). The van der Waals surface area contributed by atoms with Gasteiger partial charge in [0.05, 0.1) is 16.8 Å². The van der Waals surface area contributed by atoms with Crippen molar-refractivity contribution in [1.82, 2.24) is 15.5 Å². The zero-order chi connectivity index (χ0) is 20.0. The van der Waals surface area contributed by atoms with E-state index in [1.165, 1.54) is 0 Å². The summed E-state index contributed by atoms with van der Waals surface area (Å²) in [6.45, 7) is 1.58. The Kier molecular flexibility index (Phi) is 4.14. The Morgan fingerprint density at radius 1 is 1.07 bits per heavy atom. The summed E-state index contributed by atoms with van der Waals surface area (Å²) in [5.74, 6) is -1.99. The fourth-order valence-corrected chi connectivity index (χ4v) is 3.26. The standard InChI is InChI=1S/C19H14F2N4O3/c1-9-18(27)25(19(28)22-9)11-4-2-3-10(7-11)8-14-15-12(20)5-6-13(21)16(15)17(26)24-23-14/h2-7,9H,8H2,1H3,(H,22,28)(H,24,26). The van der Waals surface area contributed by atoms with Crippen LogP contribution >= 0.6 is 0 Å². The van der Waals surface area contributed by atoms with Gasteiger partial charge in [-0.2, -0.15) is 5.10 Å². The molecule has 0 spiro atoms. The molecule has 2 N–H and O–H groups in total. The Morgan fingerprint density at radius 3 is 2.46 bits per heavy atom. The van der Waals surface area contributed by atoms with Crippen LogP contribution in [0.5, 0.6) is 0 Å². The second kappa shape index (κ2) is 6.52. The maximum Gasteiger partial charge on any atom is 0.329 e. The van der Waals surface area contributed by atoms with E-state index in [-0.39, 0.29) is 23.4 Å². The number of fused-ring (bicyclic) bond motifs is 1. The van der Waals surface area contributed by atoms with E-state index in [4.69, 9.17) is 0 Å². The lowest BCUT2D eigenvalue weighted by Crippen LogP contribution is -2.30. The molecule has 1 saturated heterocycles. The molecule has 142 valence electrons. The van der Waals surface area contributed by atoms with Crippen molar-refractivity contribution in [2.75, 3.05) is 4.90 Å². The number of carbonyl (C=O) groups excluding carboxylic acids is 2. The number of hydrogen-bond acceptors (Lipinski definition) is 4. The summed E-state index contributed by atoms with van der Waals surface area (Å²) < 4.78 is 28.3. The Balaban J connectivity index is 1.77. The molecule has 0 aliphatic carbocycles. The molecular formula is C19H14F2N4O3. The van der Waals surface area contributed by atoms with Gasteiger partial charge in [0.15, 0.2) is 0 Å². The summed E-state index contributed by atoms with van der Waals surface area (Å²) in [5.41, 5.74) is 0.263. The first-order chi connectivity index (χ1) is 13.4. The number of aromatic nitrogens is 2. The molecule has 2 heterocycles. The van der Waals surface area contributed by atoms with Crippen molar-refractivity contribution in [3.8, 4) is 0 Å². The SMILES string of the molecule is CC1NC(=O)N(c2cccc(Cc3n[nH]c(=O)c4c(F)ccc(F)c34)c2)C1=O. The minimum atomic E-state index is -0.844. The van der Waals surface area contributed by atoms with Crippen molar-refractivity contribution >= 4 is 28.4 Å². The lowest BCUT2D eigenvalue weighted by atomic mass is 10.0. The lowest BCUT2D eigenvalue weighted by Gasteiger charge is -2.14. The van der Waals surface area contributed by atoms with E-state index in [1.54, 1.807) is 31.2 Å². The summed E-state index contributed by atoms with van der Waals surface area (Å²) in [4.78, 5) is 37.1. The molecule has 1 aromatic heterocycles. The van der Waals surface area contributed by atoms with Crippen molar-refractivity contribution in [3.05, 3.63) is 69.6 Å². The third-order valence-corrected chi connectivity index (χ3v) is 4.59. The van der Waals surface area contributed by atoms with Gasteiger partial charge in [0.1, 0.15) is 17.7 Å². The fraction of sp³-hybridized carbons (Fsp3) is 0.158. The van der Waals surface area contributed by atoms with Crippen molar-refractivity contribution in [1.29, 1.82) is 0 Å². The summed E-state index contributed by atoms with van der Waals surface area (Å²) >= 11 is 0. The maximum atomic E-state index is 14.3. The van der Waals surface area contributed by atoms with Gasteiger partial charge in [0.2, 0.25) is 0 Å². The molecule has 0 bridgehead atoms. The lowest BCUT2D eigenvalue weighted by molar-refractivity contribution is -0.117. The van der Waals surface area contributed by atoms with E-state index in [0.29, 0.717) is 11.3 Å². The number of rotatable bonds is 3. The number of halogens is 2. The molecule has 0 saturated carbocycles. The number of H-pyrrole nitrogens is 1. The number of amides is 3. The van der Waals surface area contributed by atoms with Crippen molar-refractivity contribution in [2.45, 2.75) is 19.4 Å². The van der Waals surface area contributed by atoms with Crippen LogP contribution in [-0.4, -0.2) is 28.2 Å². The van der Waals surface area contributed by atoms with E-state index in [2.05, 4.69) is 15.5 Å². The number of carbonyl (C=O) groups is 2. The van der Waals surface area contributed by atoms with Crippen molar-refractivity contribution in [2.24, 2.45) is 0 Å². The number of imide groups is 1. The van der Waals surface area contributed by atoms with Crippen molar-refractivity contribution < 1.29 is 18.4 Å². The molecule has 28 heavy (non-hydrogen) atoms. The van der Waals surface area contributed by atoms with Gasteiger partial charge < -0.3 is 5.32 Å². The van der Waals surface area contributed by atoms with Gasteiger partial charge >= 0.3 is 6.03 Å². The Morgan fingerprint density at radius 2 is 1.79 bits per heavy atom. The zero-order valence-electron chi connectivity index (χ0n) is 14.6. The third-order valence-electron chi connectivity index (χ3n) is 4.59. The van der Waals surface area contributed by atoms with Crippen LogP contribution in [0.3, 0.4) is 0 Å². The molecule has 2 aromatic carbocycles. The van der Waals surface area contributed by atoms with Gasteiger partial charge in [-0.05, 0) is 36.8 Å². The summed E-state index contributed by atoms with van der Waals surface area (Å²) in [6, 6.07) is 7.18. The molecule has 9 heteroatoms. The van der Waals surface area contributed by atoms with Crippen LogP contribution < -0.4 is 15.8 Å². The first-order valence-corrected chi connectivity index (χ1v) is 8.45. The topological polar surface area (TPSA) is 95.2 Å². The van der Waals surface area contributed by atoms with Crippen LogP contribution in [0.1, 0.15) is 18.2 Å². The van der Waals surface area contributed by atoms with Crippen LogP contribution in [0.25, 0.3) is 10.8 Å². The molecule has 1 fully saturated rings. The second-order valence-electron chi connectivity index (χ2n) is 6.47. The van der Waals surface area contributed by atoms with E-state index in [1.807, 2.05) is 0 Å². The number of hydrogen-bond donors (Lipinski definition) is 2. The number of benzene rings is 2.